The minimum absolute atomic E-state index is 0.0182. The number of nitrogens with two attached hydrogens (primary N) is 1. The molecule has 2 N–H and O–H groups in total. The van der Waals surface area contributed by atoms with Gasteiger partial charge in [0.05, 0.1) is 18.0 Å². The molecular formula is C27H25N7O2. The maximum Gasteiger partial charge on any atom is 0.179 e. The summed E-state index contributed by atoms with van der Waals surface area (Å²) in [5.74, 6) is 7.86. The van der Waals surface area contributed by atoms with E-state index < -0.39 is 0 Å². The molecule has 2 aromatic carbocycles. The second-order valence-corrected chi connectivity index (χ2v) is 8.43. The maximum atomic E-state index is 9.30. The predicted octanol–water partition coefficient (Wildman–Crippen LogP) is 3.54. The van der Waals surface area contributed by atoms with Gasteiger partial charge in [0.2, 0.25) is 0 Å². The van der Waals surface area contributed by atoms with Gasteiger partial charge >= 0.3 is 0 Å². The maximum absolute atomic E-state index is 9.30. The van der Waals surface area contributed by atoms with Gasteiger partial charge < -0.3 is 20.1 Å². The topological polar surface area (TPSA) is 115 Å². The Hall–Kier alpha value is -4.76. The molecule has 0 spiro atoms. The molecule has 0 aliphatic carbocycles. The van der Waals surface area contributed by atoms with Crippen LogP contribution in [0.3, 0.4) is 0 Å². The van der Waals surface area contributed by atoms with Crippen LogP contribution in [-0.4, -0.2) is 44.3 Å². The minimum atomic E-state index is 0.0182. The van der Waals surface area contributed by atoms with E-state index in [1.54, 1.807) is 4.90 Å². The number of anilines is 1. The average molecular weight is 480 g/mol. The highest BCUT2D eigenvalue weighted by Gasteiger charge is 2.25. The van der Waals surface area contributed by atoms with Crippen molar-refractivity contribution in [3.8, 4) is 29.5 Å². The Bertz CT molecular complexity index is 1430. The number of benzene rings is 2. The van der Waals surface area contributed by atoms with Crippen LogP contribution in [0.5, 0.6) is 11.5 Å². The fourth-order valence-electron chi connectivity index (χ4n) is 4.19. The second kappa shape index (κ2) is 10.7. The van der Waals surface area contributed by atoms with Gasteiger partial charge in [-0.2, -0.15) is 10.4 Å². The van der Waals surface area contributed by atoms with E-state index in [1.165, 1.54) is 6.33 Å². The number of hydrogen-bond acceptors (Lipinski definition) is 8. The predicted molar refractivity (Wildman–Crippen MR) is 135 cm³/mol. The van der Waals surface area contributed by atoms with Crippen molar-refractivity contribution in [1.82, 2.24) is 24.6 Å². The fourth-order valence-corrected chi connectivity index (χ4v) is 4.19. The van der Waals surface area contributed by atoms with Gasteiger partial charge in [0.1, 0.15) is 42.6 Å². The number of ether oxygens (including phenoxy) is 2. The van der Waals surface area contributed by atoms with Crippen molar-refractivity contribution in [2.24, 2.45) is 0 Å². The number of nitrogen functional groups attached to an aromatic ring is 1. The smallest absolute Gasteiger partial charge is 0.179 e. The molecule has 1 saturated heterocycles. The molecule has 5 rings (SSSR count). The van der Waals surface area contributed by atoms with E-state index in [-0.39, 0.29) is 12.6 Å². The van der Waals surface area contributed by atoms with Crippen LogP contribution >= 0.6 is 0 Å². The van der Waals surface area contributed by atoms with Crippen LogP contribution < -0.4 is 15.2 Å². The molecule has 1 aliphatic heterocycles. The Kier molecular flexibility index (Phi) is 6.81. The van der Waals surface area contributed by atoms with Gasteiger partial charge in [0, 0.05) is 6.54 Å². The number of hydrogen-bond donors (Lipinski definition) is 1. The zero-order chi connectivity index (χ0) is 24.7. The summed E-state index contributed by atoms with van der Waals surface area (Å²) in [7, 11) is 0. The number of nitrogens with zero attached hydrogens (tertiary/aromatic N) is 6. The van der Waals surface area contributed by atoms with E-state index in [4.69, 9.17) is 20.3 Å². The molecule has 4 aromatic rings. The lowest BCUT2D eigenvalue weighted by Gasteiger charge is -2.28. The van der Waals surface area contributed by atoms with Crippen LogP contribution in [0.1, 0.15) is 30.1 Å². The molecule has 0 saturated carbocycles. The van der Waals surface area contributed by atoms with Crippen LogP contribution in [-0.2, 0) is 6.61 Å². The highest BCUT2D eigenvalue weighted by Crippen LogP contribution is 2.28. The molecule has 0 bridgehead atoms. The number of rotatable bonds is 6. The van der Waals surface area contributed by atoms with Crippen molar-refractivity contribution in [3.63, 3.8) is 0 Å². The van der Waals surface area contributed by atoms with E-state index >= 15 is 0 Å². The standard InChI is InChI=1S/C27H25N7O2/c28-18-33-14-4-8-21(16-33)34-27-25(26(29)30-19-31-27)24(32-34)9-5-15-35-22-10-12-23(13-11-22)36-17-20-6-2-1-3-7-20/h1-3,6-7,10-13,19,21H,4,8,14-17H2,(H2,29,30,31)/t21-/m1/s1. The lowest BCUT2D eigenvalue weighted by Crippen LogP contribution is -2.33. The Labute approximate surface area is 209 Å². The lowest BCUT2D eigenvalue weighted by molar-refractivity contribution is 0.236. The zero-order valence-electron chi connectivity index (χ0n) is 19.7. The van der Waals surface area contributed by atoms with E-state index in [0.717, 1.165) is 30.7 Å². The third-order valence-corrected chi connectivity index (χ3v) is 5.99. The number of nitriles is 1. The fraction of sp³-hybridized carbons (Fsp3) is 0.259. The average Bonchev–Trinajstić information content (AvgIpc) is 3.31. The Morgan fingerprint density at radius 2 is 1.81 bits per heavy atom. The van der Waals surface area contributed by atoms with Crippen LogP contribution in [0.25, 0.3) is 11.0 Å². The molecule has 1 fully saturated rings. The third-order valence-electron chi connectivity index (χ3n) is 5.99. The van der Waals surface area contributed by atoms with Gasteiger partial charge in [0.15, 0.2) is 11.8 Å². The van der Waals surface area contributed by atoms with Gasteiger partial charge in [-0.15, -0.1) is 0 Å². The Morgan fingerprint density at radius 1 is 1.03 bits per heavy atom. The van der Waals surface area contributed by atoms with Crippen molar-refractivity contribution >= 4 is 16.9 Å². The minimum Gasteiger partial charge on any atom is -0.489 e. The van der Waals surface area contributed by atoms with Gasteiger partial charge in [-0.05, 0) is 48.6 Å². The summed E-state index contributed by atoms with van der Waals surface area (Å²) >= 11 is 0. The molecule has 0 radical (unpaired) electrons. The van der Waals surface area contributed by atoms with E-state index in [1.807, 2.05) is 59.3 Å². The summed E-state index contributed by atoms with van der Waals surface area (Å²) < 4.78 is 13.4. The highest BCUT2D eigenvalue weighted by atomic mass is 16.5. The number of piperidine rings is 1. The summed E-state index contributed by atoms with van der Waals surface area (Å²) in [6, 6.07) is 17.5. The van der Waals surface area contributed by atoms with Crippen molar-refractivity contribution < 1.29 is 9.47 Å². The molecule has 1 aliphatic rings. The summed E-state index contributed by atoms with van der Waals surface area (Å²) in [6.07, 6.45) is 5.46. The third kappa shape index (κ3) is 5.16. The first kappa shape index (κ1) is 23.0. The van der Waals surface area contributed by atoms with Crippen LogP contribution in [0, 0.1) is 23.3 Å². The normalized spacial score (nSPS) is 15.1. The summed E-state index contributed by atoms with van der Waals surface area (Å²) in [6.45, 7) is 2.03. The summed E-state index contributed by atoms with van der Waals surface area (Å²) in [5.41, 5.74) is 8.39. The van der Waals surface area contributed by atoms with E-state index in [0.29, 0.717) is 41.4 Å². The van der Waals surface area contributed by atoms with Crippen LogP contribution in [0.15, 0.2) is 60.9 Å². The molecule has 3 heterocycles. The van der Waals surface area contributed by atoms with Crippen LogP contribution in [0.4, 0.5) is 5.82 Å². The molecular weight excluding hydrogens is 454 g/mol. The molecule has 0 amide bonds. The monoisotopic (exact) mass is 479 g/mol. The quantitative estimate of drug-likeness (QED) is 0.330. The largest absolute Gasteiger partial charge is 0.489 e. The van der Waals surface area contributed by atoms with Gasteiger partial charge in [-0.3, -0.25) is 0 Å². The zero-order valence-corrected chi connectivity index (χ0v) is 19.7. The highest BCUT2D eigenvalue weighted by molar-refractivity contribution is 5.90. The first-order chi connectivity index (χ1) is 17.7. The van der Waals surface area contributed by atoms with E-state index in [2.05, 4.69) is 28.0 Å². The lowest BCUT2D eigenvalue weighted by atomic mass is 10.1. The molecule has 9 nitrogen and oxygen atoms in total. The Morgan fingerprint density at radius 3 is 2.58 bits per heavy atom. The second-order valence-electron chi connectivity index (χ2n) is 8.43. The number of fused-ring (bicyclic) bond motifs is 1. The van der Waals surface area contributed by atoms with Gasteiger partial charge in [-0.1, -0.05) is 36.3 Å². The Balaban J connectivity index is 1.25. The SMILES string of the molecule is N#CN1CCC[C@@H](n2nc(C#CCOc3ccc(OCc4ccccc4)cc3)c3c(N)ncnc32)C1. The molecule has 180 valence electrons. The van der Waals surface area contributed by atoms with Crippen molar-refractivity contribution in [1.29, 1.82) is 5.26 Å². The van der Waals surface area contributed by atoms with E-state index in [9.17, 15) is 5.26 Å². The first-order valence-corrected chi connectivity index (χ1v) is 11.7. The molecule has 0 unspecified atom stereocenters. The summed E-state index contributed by atoms with van der Waals surface area (Å²) in [5, 5.41) is 14.6. The number of likely N-dealkylation sites (tertiary alicyclic amines) is 1. The van der Waals surface area contributed by atoms with Crippen molar-refractivity contribution in [3.05, 3.63) is 72.2 Å². The van der Waals surface area contributed by atoms with Crippen molar-refractivity contribution in [2.45, 2.75) is 25.5 Å². The van der Waals surface area contributed by atoms with Gasteiger partial charge in [-0.25, -0.2) is 14.6 Å². The summed E-state index contributed by atoms with van der Waals surface area (Å²) in [4.78, 5) is 10.3. The van der Waals surface area contributed by atoms with Crippen LogP contribution in [0.2, 0.25) is 0 Å². The van der Waals surface area contributed by atoms with Crippen molar-refractivity contribution in [2.75, 3.05) is 25.4 Å². The molecule has 2 aromatic heterocycles. The first-order valence-electron chi connectivity index (χ1n) is 11.7. The number of aromatic nitrogens is 4. The molecule has 9 heteroatoms. The van der Waals surface area contributed by atoms with Gasteiger partial charge in [0.25, 0.3) is 0 Å². The molecule has 1 atom stereocenters. The molecule has 36 heavy (non-hydrogen) atoms.